The summed E-state index contributed by atoms with van der Waals surface area (Å²) in [5, 5.41) is 20.6. The third kappa shape index (κ3) is 1.52. The van der Waals surface area contributed by atoms with Crippen molar-refractivity contribution < 1.29 is 10.2 Å². The molecule has 0 atom stereocenters. The van der Waals surface area contributed by atoms with Crippen LogP contribution in [0.25, 0.3) is 21.8 Å². The number of benzene rings is 2. The molecule has 0 fully saturated rings. The highest BCUT2D eigenvalue weighted by Crippen LogP contribution is 2.28. The van der Waals surface area contributed by atoms with Gasteiger partial charge in [-0.3, -0.25) is 0 Å². The molecule has 2 aromatic carbocycles. The highest BCUT2D eigenvalue weighted by Gasteiger charge is 2.07. The number of para-hydroxylation sites is 1. The standard InChI is InChI=1S/C14H13NO2/c16-7-9-4-5-13-12(6-9)11-3-1-2-10(8-17)14(11)15-13/h1-6,15-17H,7-8H2. The van der Waals surface area contributed by atoms with Gasteiger partial charge < -0.3 is 15.2 Å². The topological polar surface area (TPSA) is 56.2 Å². The molecule has 3 heteroatoms. The van der Waals surface area contributed by atoms with Gasteiger partial charge in [0.2, 0.25) is 0 Å². The Bertz CT molecular complexity index is 685. The van der Waals surface area contributed by atoms with Crippen molar-refractivity contribution >= 4 is 21.8 Å². The molecule has 0 aliphatic heterocycles. The summed E-state index contributed by atoms with van der Waals surface area (Å²) in [6.45, 7) is 0.0688. The molecule has 3 N–H and O–H groups in total. The van der Waals surface area contributed by atoms with Gasteiger partial charge in [0.25, 0.3) is 0 Å². The minimum Gasteiger partial charge on any atom is -0.392 e. The highest BCUT2D eigenvalue weighted by atomic mass is 16.3. The lowest BCUT2D eigenvalue weighted by molar-refractivity contribution is 0.282. The van der Waals surface area contributed by atoms with Gasteiger partial charge in [0.15, 0.2) is 0 Å². The average molecular weight is 227 g/mol. The summed E-state index contributed by atoms with van der Waals surface area (Å²) in [6.07, 6.45) is 0. The predicted molar refractivity (Wildman–Crippen MR) is 67.7 cm³/mol. The summed E-state index contributed by atoms with van der Waals surface area (Å²) in [6, 6.07) is 11.7. The monoisotopic (exact) mass is 227 g/mol. The molecular formula is C14H13NO2. The van der Waals surface area contributed by atoms with Gasteiger partial charge in [0.1, 0.15) is 0 Å². The van der Waals surface area contributed by atoms with Crippen LogP contribution in [0.4, 0.5) is 0 Å². The first-order chi connectivity index (χ1) is 8.33. The van der Waals surface area contributed by atoms with Crippen LogP contribution in [0.1, 0.15) is 11.1 Å². The van der Waals surface area contributed by atoms with Crippen molar-refractivity contribution in [3.8, 4) is 0 Å². The van der Waals surface area contributed by atoms with Crippen LogP contribution in [0.5, 0.6) is 0 Å². The first kappa shape index (κ1) is 10.3. The van der Waals surface area contributed by atoms with E-state index in [0.717, 1.165) is 32.9 Å². The predicted octanol–water partition coefficient (Wildman–Crippen LogP) is 2.31. The number of aliphatic hydroxyl groups excluding tert-OH is 2. The molecule has 0 saturated carbocycles. The Kier molecular flexibility index (Phi) is 2.35. The number of fused-ring (bicyclic) bond motifs is 3. The van der Waals surface area contributed by atoms with E-state index in [9.17, 15) is 5.11 Å². The second-order valence-corrected chi connectivity index (χ2v) is 4.16. The van der Waals surface area contributed by atoms with Crippen molar-refractivity contribution in [3.63, 3.8) is 0 Å². The van der Waals surface area contributed by atoms with E-state index in [1.165, 1.54) is 0 Å². The summed E-state index contributed by atoms with van der Waals surface area (Å²) < 4.78 is 0. The van der Waals surface area contributed by atoms with Gasteiger partial charge in [-0.05, 0) is 17.7 Å². The average Bonchev–Trinajstić information content (AvgIpc) is 2.76. The van der Waals surface area contributed by atoms with Gasteiger partial charge >= 0.3 is 0 Å². The van der Waals surface area contributed by atoms with Crippen molar-refractivity contribution in [1.82, 2.24) is 4.98 Å². The number of hydrogen-bond donors (Lipinski definition) is 3. The van der Waals surface area contributed by atoms with Crippen LogP contribution in [0.15, 0.2) is 36.4 Å². The van der Waals surface area contributed by atoms with E-state index < -0.39 is 0 Å². The van der Waals surface area contributed by atoms with Crippen LogP contribution in [-0.4, -0.2) is 15.2 Å². The van der Waals surface area contributed by atoms with Crippen LogP contribution in [0.2, 0.25) is 0 Å². The smallest absolute Gasteiger partial charge is 0.0702 e. The van der Waals surface area contributed by atoms with Gasteiger partial charge in [0.05, 0.1) is 18.7 Å². The van der Waals surface area contributed by atoms with E-state index in [1.807, 2.05) is 36.4 Å². The minimum absolute atomic E-state index is 0.0248. The quantitative estimate of drug-likeness (QED) is 0.629. The second kappa shape index (κ2) is 3.87. The lowest BCUT2D eigenvalue weighted by Gasteiger charge is -1.98. The zero-order valence-electron chi connectivity index (χ0n) is 9.27. The fraction of sp³-hybridized carbons (Fsp3) is 0.143. The highest BCUT2D eigenvalue weighted by molar-refractivity contribution is 6.08. The summed E-state index contributed by atoms with van der Waals surface area (Å²) in [5.41, 5.74) is 3.79. The van der Waals surface area contributed by atoms with Crippen molar-refractivity contribution in [2.24, 2.45) is 0 Å². The number of nitrogens with one attached hydrogen (secondary N) is 1. The molecule has 3 nitrogen and oxygen atoms in total. The molecule has 0 amide bonds. The third-order valence-corrected chi connectivity index (χ3v) is 3.14. The molecule has 0 radical (unpaired) electrons. The van der Waals surface area contributed by atoms with Crippen LogP contribution in [0.3, 0.4) is 0 Å². The summed E-state index contributed by atoms with van der Waals surface area (Å²) in [5.74, 6) is 0. The molecule has 86 valence electrons. The molecule has 1 aromatic heterocycles. The van der Waals surface area contributed by atoms with E-state index in [1.54, 1.807) is 0 Å². The Morgan fingerprint density at radius 3 is 2.59 bits per heavy atom. The Balaban J connectivity index is 2.42. The normalized spacial score (nSPS) is 11.4. The van der Waals surface area contributed by atoms with E-state index in [-0.39, 0.29) is 13.2 Å². The summed E-state index contributed by atoms with van der Waals surface area (Å²) in [7, 11) is 0. The molecule has 0 spiro atoms. The number of rotatable bonds is 2. The number of hydrogen-bond acceptors (Lipinski definition) is 2. The van der Waals surface area contributed by atoms with Crippen LogP contribution in [-0.2, 0) is 13.2 Å². The van der Waals surface area contributed by atoms with Crippen molar-refractivity contribution in [2.45, 2.75) is 13.2 Å². The zero-order chi connectivity index (χ0) is 11.8. The SMILES string of the molecule is OCc1ccc2[nH]c3c(CO)cccc3c2c1. The fourth-order valence-corrected chi connectivity index (χ4v) is 2.26. The third-order valence-electron chi connectivity index (χ3n) is 3.14. The van der Waals surface area contributed by atoms with Gasteiger partial charge in [-0.25, -0.2) is 0 Å². The summed E-state index contributed by atoms with van der Waals surface area (Å²) >= 11 is 0. The number of aliphatic hydroxyl groups is 2. The molecule has 0 saturated heterocycles. The van der Waals surface area contributed by atoms with Crippen molar-refractivity contribution in [1.29, 1.82) is 0 Å². The van der Waals surface area contributed by atoms with Crippen LogP contribution < -0.4 is 0 Å². The lowest BCUT2D eigenvalue weighted by atomic mass is 10.1. The van der Waals surface area contributed by atoms with E-state index in [2.05, 4.69) is 4.98 Å². The van der Waals surface area contributed by atoms with Crippen molar-refractivity contribution in [2.75, 3.05) is 0 Å². The molecule has 0 bridgehead atoms. The summed E-state index contributed by atoms with van der Waals surface area (Å²) in [4.78, 5) is 3.31. The maximum absolute atomic E-state index is 9.30. The molecule has 0 aliphatic carbocycles. The van der Waals surface area contributed by atoms with Crippen LogP contribution >= 0.6 is 0 Å². The molecular weight excluding hydrogens is 214 g/mol. The van der Waals surface area contributed by atoms with Gasteiger partial charge in [-0.1, -0.05) is 24.3 Å². The Hall–Kier alpha value is -1.84. The Morgan fingerprint density at radius 2 is 1.82 bits per heavy atom. The number of aromatic amines is 1. The molecule has 3 rings (SSSR count). The number of aromatic nitrogens is 1. The molecule has 1 heterocycles. The lowest BCUT2D eigenvalue weighted by Crippen LogP contribution is -1.83. The number of H-pyrrole nitrogens is 1. The van der Waals surface area contributed by atoms with Gasteiger partial charge in [0, 0.05) is 21.9 Å². The Labute approximate surface area is 98.3 Å². The first-order valence-electron chi connectivity index (χ1n) is 5.57. The molecule has 0 aliphatic rings. The maximum atomic E-state index is 9.30. The minimum atomic E-state index is 0.0248. The van der Waals surface area contributed by atoms with E-state index in [0.29, 0.717) is 0 Å². The van der Waals surface area contributed by atoms with Gasteiger partial charge in [-0.15, -0.1) is 0 Å². The van der Waals surface area contributed by atoms with Gasteiger partial charge in [-0.2, -0.15) is 0 Å². The van der Waals surface area contributed by atoms with E-state index >= 15 is 0 Å². The van der Waals surface area contributed by atoms with Crippen LogP contribution in [0, 0.1) is 0 Å². The largest absolute Gasteiger partial charge is 0.392 e. The fourth-order valence-electron chi connectivity index (χ4n) is 2.26. The zero-order valence-corrected chi connectivity index (χ0v) is 9.27. The second-order valence-electron chi connectivity index (χ2n) is 4.16. The first-order valence-corrected chi connectivity index (χ1v) is 5.57. The van der Waals surface area contributed by atoms with Crippen molar-refractivity contribution in [3.05, 3.63) is 47.5 Å². The molecule has 0 unspecified atom stereocenters. The Morgan fingerprint density at radius 1 is 0.941 bits per heavy atom. The van der Waals surface area contributed by atoms with E-state index in [4.69, 9.17) is 5.11 Å². The maximum Gasteiger partial charge on any atom is 0.0702 e. The molecule has 17 heavy (non-hydrogen) atoms. The molecule has 3 aromatic rings.